The zero-order chi connectivity index (χ0) is 14.0. The van der Waals surface area contributed by atoms with Crippen molar-refractivity contribution in [1.29, 1.82) is 0 Å². The maximum Gasteiger partial charge on any atom is 0.337 e. The Balaban J connectivity index is 2.48. The first-order valence-corrected chi connectivity index (χ1v) is 5.77. The van der Waals surface area contributed by atoms with Crippen molar-refractivity contribution < 1.29 is 19.0 Å². The quantitative estimate of drug-likeness (QED) is 0.929. The van der Waals surface area contributed by atoms with Gasteiger partial charge >= 0.3 is 5.97 Å². The van der Waals surface area contributed by atoms with Gasteiger partial charge in [-0.1, -0.05) is 17.7 Å². The average molecular weight is 281 g/mol. The standard InChI is InChI=1S/C14H10ClFO3/c1-19-9-3-5-10(13(16)7-9)8-2-4-11(14(17)18)12(15)6-8/h2-7H,1H3,(H,17,18). The van der Waals surface area contributed by atoms with Crippen LogP contribution in [0.1, 0.15) is 10.4 Å². The van der Waals surface area contributed by atoms with E-state index >= 15 is 0 Å². The van der Waals surface area contributed by atoms with Gasteiger partial charge in [0.05, 0.1) is 17.7 Å². The molecular weight excluding hydrogens is 271 g/mol. The van der Waals surface area contributed by atoms with Crippen LogP contribution in [-0.4, -0.2) is 18.2 Å². The van der Waals surface area contributed by atoms with E-state index in [1.807, 2.05) is 0 Å². The monoisotopic (exact) mass is 280 g/mol. The van der Waals surface area contributed by atoms with Gasteiger partial charge < -0.3 is 9.84 Å². The topological polar surface area (TPSA) is 46.5 Å². The third-order valence-corrected chi connectivity index (χ3v) is 3.00. The van der Waals surface area contributed by atoms with E-state index < -0.39 is 11.8 Å². The molecule has 0 heterocycles. The Labute approximate surface area is 114 Å². The van der Waals surface area contributed by atoms with Gasteiger partial charge in [-0.2, -0.15) is 0 Å². The molecule has 0 aliphatic heterocycles. The van der Waals surface area contributed by atoms with E-state index in [4.69, 9.17) is 21.4 Å². The van der Waals surface area contributed by atoms with Crippen LogP contribution in [-0.2, 0) is 0 Å². The maximum atomic E-state index is 13.9. The van der Waals surface area contributed by atoms with Gasteiger partial charge in [-0.3, -0.25) is 0 Å². The van der Waals surface area contributed by atoms with E-state index in [2.05, 4.69) is 0 Å². The molecule has 0 aromatic heterocycles. The summed E-state index contributed by atoms with van der Waals surface area (Å²) in [4.78, 5) is 10.8. The molecule has 1 N–H and O–H groups in total. The Bertz CT molecular complexity index is 641. The molecule has 5 heteroatoms. The van der Waals surface area contributed by atoms with Crippen LogP contribution in [0.4, 0.5) is 4.39 Å². The third kappa shape index (κ3) is 2.69. The maximum absolute atomic E-state index is 13.9. The van der Waals surface area contributed by atoms with E-state index in [-0.39, 0.29) is 10.6 Å². The van der Waals surface area contributed by atoms with Gasteiger partial charge in [-0.05, 0) is 29.8 Å². The number of benzene rings is 2. The molecule has 3 nitrogen and oxygen atoms in total. The Hall–Kier alpha value is -2.07. The second kappa shape index (κ2) is 5.28. The second-order valence-corrected chi connectivity index (χ2v) is 4.25. The predicted octanol–water partition coefficient (Wildman–Crippen LogP) is 3.85. The molecule has 0 aliphatic rings. The first kappa shape index (κ1) is 13.4. The molecule has 2 aromatic carbocycles. The van der Waals surface area contributed by atoms with Crippen LogP contribution in [0.25, 0.3) is 11.1 Å². The van der Waals surface area contributed by atoms with Crippen molar-refractivity contribution in [3.8, 4) is 16.9 Å². The van der Waals surface area contributed by atoms with Crippen LogP contribution < -0.4 is 4.74 Å². The summed E-state index contributed by atoms with van der Waals surface area (Å²) in [5.41, 5.74) is 0.828. The van der Waals surface area contributed by atoms with Crippen LogP contribution in [0.15, 0.2) is 36.4 Å². The van der Waals surface area contributed by atoms with E-state index in [9.17, 15) is 9.18 Å². The molecule has 0 saturated carbocycles. The minimum Gasteiger partial charge on any atom is -0.497 e. The summed E-state index contributed by atoms with van der Waals surface area (Å²) in [6.07, 6.45) is 0. The number of carbonyl (C=O) groups is 1. The van der Waals surface area contributed by atoms with Crippen molar-refractivity contribution in [2.75, 3.05) is 7.11 Å². The Morgan fingerprint density at radius 3 is 2.53 bits per heavy atom. The van der Waals surface area contributed by atoms with Crippen molar-refractivity contribution in [1.82, 2.24) is 0 Å². The van der Waals surface area contributed by atoms with Gasteiger partial charge in [0.25, 0.3) is 0 Å². The number of halogens is 2. The van der Waals surface area contributed by atoms with Crippen molar-refractivity contribution in [3.05, 3.63) is 52.8 Å². The number of ether oxygens (including phenoxy) is 1. The first-order valence-electron chi connectivity index (χ1n) is 5.39. The van der Waals surface area contributed by atoms with Crippen LogP contribution in [0.3, 0.4) is 0 Å². The van der Waals surface area contributed by atoms with Crippen molar-refractivity contribution in [2.45, 2.75) is 0 Å². The Morgan fingerprint density at radius 2 is 2.00 bits per heavy atom. The summed E-state index contributed by atoms with van der Waals surface area (Å²) in [7, 11) is 1.45. The molecule has 98 valence electrons. The lowest BCUT2D eigenvalue weighted by Crippen LogP contribution is -1.97. The molecule has 0 aliphatic carbocycles. The summed E-state index contributed by atoms with van der Waals surface area (Å²) in [5.74, 6) is -1.17. The fourth-order valence-corrected chi connectivity index (χ4v) is 1.97. The highest BCUT2D eigenvalue weighted by Gasteiger charge is 2.12. The molecule has 0 spiro atoms. The van der Waals surface area contributed by atoms with Crippen LogP contribution >= 0.6 is 11.6 Å². The fraction of sp³-hybridized carbons (Fsp3) is 0.0714. The molecule has 0 fully saturated rings. The zero-order valence-corrected chi connectivity index (χ0v) is 10.7. The van der Waals surface area contributed by atoms with Gasteiger partial charge in [0.1, 0.15) is 11.6 Å². The first-order chi connectivity index (χ1) is 9.02. The smallest absolute Gasteiger partial charge is 0.337 e. The highest BCUT2D eigenvalue weighted by atomic mass is 35.5. The number of rotatable bonds is 3. The van der Waals surface area contributed by atoms with Crippen LogP contribution in [0, 0.1) is 5.82 Å². The number of hydrogen-bond acceptors (Lipinski definition) is 2. The zero-order valence-electron chi connectivity index (χ0n) is 9.98. The molecular formula is C14H10ClFO3. The molecule has 0 amide bonds. The Kier molecular flexibility index (Phi) is 3.71. The van der Waals surface area contributed by atoms with E-state index in [1.54, 1.807) is 12.1 Å². The van der Waals surface area contributed by atoms with E-state index in [1.165, 1.54) is 31.4 Å². The van der Waals surface area contributed by atoms with E-state index in [0.29, 0.717) is 16.9 Å². The largest absolute Gasteiger partial charge is 0.497 e. The number of carboxylic acids is 1. The molecule has 0 unspecified atom stereocenters. The average Bonchev–Trinajstić information content (AvgIpc) is 2.37. The molecule has 19 heavy (non-hydrogen) atoms. The molecule has 0 saturated heterocycles. The fourth-order valence-electron chi connectivity index (χ4n) is 1.71. The lowest BCUT2D eigenvalue weighted by atomic mass is 10.0. The lowest BCUT2D eigenvalue weighted by molar-refractivity contribution is 0.0697. The predicted molar refractivity (Wildman–Crippen MR) is 70.4 cm³/mol. The summed E-state index contributed by atoms with van der Waals surface area (Å²) in [5, 5.41) is 8.94. The van der Waals surface area contributed by atoms with Crippen LogP contribution in [0.2, 0.25) is 5.02 Å². The number of aromatic carboxylic acids is 1. The molecule has 2 rings (SSSR count). The third-order valence-electron chi connectivity index (χ3n) is 2.69. The highest BCUT2D eigenvalue weighted by molar-refractivity contribution is 6.33. The van der Waals surface area contributed by atoms with Gasteiger partial charge in [0, 0.05) is 11.6 Å². The molecule has 2 aromatic rings. The summed E-state index contributed by atoms with van der Waals surface area (Å²) < 4.78 is 18.8. The summed E-state index contributed by atoms with van der Waals surface area (Å²) in [6, 6.07) is 8.73. The van der Waals surface area contributed by atoms with Crippen molar-refractivity contribution >= 4 is 17.6 Å². The number of methoxy groups -OCH3 is 1. The molecule has 0 atom stereocenters. The van der Waals surface area contributed by atoms with Gasteiger partial charge in [0.2, 0.25) is 0 Å². The number of hydrogen-bond donors (Lipinski definition) is 1. The molecule has 0 bridgehead atoms. The lowest BCUT2D eigenvalue weighted by Gasteiger charge is -2.07. The van der Waals surface area contributed by atoms with Gasteiger partial charge in [-0.25, -0.2) is 9.18 Å². The number of carboxylic acid groups (broad SMARTS) is 1. The summed E-state index contributed by atoms with van der Waals surface area (Å²) >= 11 is 5.86. The van der Waals surface area contributed by atoms with E-state index in [0.717, 1.165) is 0 Å². The normalized spacial score (nSPS) is 10.3. The minimum absolute atomic E-state index is 0.0145. The second-order valence-electron chi connectivity index (χ2n) is 3.85. The van der Waals surface area contributed by atoms with Crippen LogP contribution in [0.5, 0.6) is 5.75 Å². The van der Waals surface area contributed by atoms with Gasteiger partial charge in [0.15, 0.2) is 0 Å². The Morgan fingerprint density at radius 1 is 1.26 bits per heavy atom. The minimum atomic E-state index is -1.12. The van der Waals surface area contributed by atoms with Gasteiger partial charge in [-0.15, -0.1) is 0 Å². The highest BCUT2D eigenvalue weighted by Crippen LogP contribution is 2.29. The summed E-state index contributed by atoms with van der Waals surface area (Å²) in [6.45, 7) is 0. The van der Waals surface area contributed by atoms with Crippen molar-refractivity contribution in [3.63, 3.8) is 0 Å². The molecule has 0 radical (unpaired) electrons. The SMILES string of the molecule is COc1ccc(-c2ccc(C(=O)O)c(Cl)c2)c(F)c1. The van der Waals surface area contributed by atoms with Crippen molar-refractivity contribution in [2.24, 2.45) is 0 Å².